The molecule has 0 spiro atoms. The lowest BCUT2D eigenvalue weighted by Gasteiger charge is -2.04. The highest BCUT2D eigenvalue weighted by atomic mass is 35.5. The van der Waals surface area contributed by atoms with Gasteiger partial charge in [0.25, 0.3) is 5.69 Å². The zero-order valence-corrected chi connectivity index (χ0v) is 16.1. The van der Waals surface area contributed by atoms with Crippen molar-refractivity contribution in [3.63, 3.8) is 0 Å². The van der Waals surface area contributed by atoms with Crippen molar-refractivity contribution in [2.75, 3.05) is 5.43 Å². The first-order chi connectivity index (χ1) is 14.1. The highest BCUT2D eigenvalue weighted by Gasteiger charge is 2.13. The zero-order valence-electron chi connectivity index (χ0n) is 15.4. The summed E-state index contributed by atoms with van der Waals surface area (Å²) in [4.78, 5) is 14.9. The molecule has 146 valence electrons. The Morgan fingerprint density at radius 3 is 2.86 bits per heavy atom. The average molecular weight is 410 g/mol. The van der Waals surface area contributed by atoms with Gasteiger partial charge >= 0.3 is 0 Å². The number of nitro groups is 1. The van der Waals surface area contributed by atoms with Gasteiger partial charge in [0.2, 0.25) is 5.95 Å². The van der Waals surface area contributed by atoms with Crippen LogP contribution in [0.25, 0.3) is 22.4 Å². The van der Waals surface area contributed by atoms with Crippen molar-refractivity contribution in [3.8, 4) is 11.3 Å². The van der Waals surface area contributed by atoms with Gasteiger partial charge in [0.05, 0.1) is 27.2 Å². The van der Waals surface area contributed by atoms with Crippen LogP contribution in [0.15, 0.2) is 64.1 Å². The molecule has 1 N–H and O–H groups in total. The van der Waals surface area contributed by atoms with Gasteiger partial charge in [-0.15, -0.1) is 0 Å². The number of anilines is 1. The molecule has 0 aliphatic carbocycles. The van der Waals surface area contributed by atoms with E-state index in [2.05, 4.69) is 15.5 Å². The number of imidazole rings is 1. The largest absolute Gasteiger partial charge is 0.455 e. The number of benzene rings is 2. The number of aromatic nitrogens is 2. The fourth-order valence-corrected chi connectivity index (χ4v) is 3.29. The van der Waals surface area contributed by atoms with Crippen LogP contribution in [0.2, 0.25) is 5.02 Å². The van der Waals surface area contributed by atoms with Gasteiger partial charge in [0.15, 0.2) is 0 Å². The van der Waals surface area contributed by atoms with Crippen molar-refractivity contribution >= 4 is 40.5 Å². The van der Waals surface area contributed by atoms with Crippen LogP contribution < -0.4 is 5.43 Å². The molecule has 8 nitrogen and oxygen atoms in total. The topological polar surface area (TPSA) is 98.5 Å². The molecule has 0 amide bonds. The third kappa shape index (κ3) is 3.70. The molecule has 4 aromatic rings. The van der Waals surface area contributed by atoms with Gasteiger partial charge in [-0.25, -0.2) is 10.4 Å². The van der Waals surface area contributed by atoms with Crippen molar-refractivity contribution in [1.29, 1.82) is 0 Å². The summed E-state index contributed by atoms with van der Waals surface area (Å²) in [6, 6.07) is 15.6. The minimum absolute atomic E-state index is 0.0740. The minimum Gasteiger partial charge on any atom is -0.455 e. The van der Waals surface area contributed by atoms with E-state index in [-0.39, 0.29) is 10.7 Å². The maximum atomic E-state index is 10.8. The number of hydrogen-bond donors (Lipinski definition) is 1. The third-order valence-electron chi connectivity index (χ3n) is 4.38. The van der Waals surface area contributed by atoms with Crippen LogP contribution in [0.1, 0.15) is 12.7 Å². The molecule has 0 saturated carbocycles. The number of nitrogens with zero attached hydrogens (tertiary/aromatic N) is 4. The molecule has 4 rings (SSSR count). The van der Waals surface area contributed by atoms with Gasteiger partial charge in [-0.3, -0.25) is 10.1 Å². The molecule has 0 fully saturated rings. The monoisotopic (exact) mass is 409 g/mol. The number of rotatable bonds is 6. The number of nitrogens with one attached hydrogen (secondary N) is 1. The van der Waals surface area contributed by atoms with Gasteiger partial charge in [-0.05, 0) is 37.3 Å². The number of furan rings is 1. The van der Waals surface area contributed by atoms with Gasteiger partial charge in [0.1, 0.15) is 11.5 Å². The number of nitro benzene ring substituents is 1. The first-order valence-electron chi connectivity index (χ1n) is 8.85. The summed E-state index contributed by atoms with van der Waals surface area (Å²) >= 11 is 6.15. The van der Waals surface area contributed by atoms with E-state index in [1.807, 2.05) is 35.8 Å². The second kappa shape index (κ2) is 7.76. The lowest BCUT2D eigenvalue weighted by molar-refractivity contribution is -0.384. The number of hydrazone groups is 1. The molecule has 2 aromatic carbocycles. The summed E-state index contributed by atoms with van der Waals surface area (Å²) in [6.45, 7) is 2.79. The van der Waals surface area contributed by atoms with Gasteiger partial charge in [-0.2, -0.15) is 5.10 Å². The Bertz CT molecular complexity index is 1230. The first kappa shape index (κ1) is 18.7. The van der Waals surface area contributed by atoms with Crippen molar-refractivity contribution in [2.24, 2.45) is 5.10 Å². The number of non-ortho nitro benzene ring substituents is 1. The van der Waals surface area contributed by atoms with Crippen LogP contribution in [-0.2, 0) is 6.54 Å². The van der Waals surface area contributed by atoms with Crippen molar-refractivity contribution in [3.05, 3.63) is 75.5 Å². The zero-order chi connectivity index (χ0) is 20.4. The molecule has 0 aliphatic heterocycles. The lowest BCUT2D eigenvalue weighted by atomic mass is 10.1. The molecule has 0 saturated heterocycles. The molecule has 29 heavy (non-hydrogen) atoms. The Kier molecular flexibility index (Phi) is 5.01. The van der Waals surface area contributed by atoms with Crippen LogP contribution in [0, 0.1) is 10.1 Å². The second-order valence-electron chi connectivity index (χ2n) is 6.16. The summed E-state index contributed by atoms with van der Waals surface area (Å²) in [5.41, 5.74) is 5.35. The second-order valence-corrected chi connectivity index (χ2v) is 6.57. The fourth-order valence-electron chi connectivity index (χ4n) is 3.02. The highest BCUT2D eigenvalue weighted by molar-refractivity contribution is 6.33. The molecular formula is C20H16ClN5O3. The maximum absolute atomic E-state index is 10.8. The normalized spacial score (nSPS) is 11.4. The fraction of sp³-hybridized carbons (Fsp3) is 0.100. The molecule has 2 aromatic heterocycles. The number of halogens is 1. The van der Waals surface area contributed by atoms with Gasteiger partial charge < -0.3 is 8.98 Å². The van der Waals surface area contributed by atoms with Crippen molar-refractivity contribution < 1.29 is 9.34 Å². The Balaban J connectivity index is 1.53. The van der Waals surface area contributed by atoms with E-state index in [9.17, 15) is 10.1 Å². The maximum Gasteiger partial charge on any atom is 0.270 e. The number of aryl methyl sites for hydroxylation is 1. The average Bonchev–Trinajstić information content (AvgIpc) is 3.32. The van der Waals surface area contributed by atoms with Crippen LogP contribution >= 0.6 is 11.6 Å². The van der Waals surface area contributed by atoms with E-state index < -0.39 is 4.92 Å². The van der Waals surface area contributed by atoms with E-state index in [1.54, 1.807) is 18.2 Å². The van der Waals surface area contributed by atoms with Crippen LogP contribution in [0.4, 0.5) is 11.6 Å². The third-order valence-corrected chi connectivity index (χ3v) is 4.70. The van der Waals surface area contributed by atoms with Crippen LogP contribution in [0.5, 0.6) is 0 Å². The predicted octanol–water partition coefficient (Wildman–Crippen LogP) is 5.32. The molecule has 0 aliphatic rings. The summed E-state index contributed by atoms with van der Waals surface area (Å²) in [5.74, 6) is 1.63. The van der Waals surface area contributed by atoms with E-state index >= 15 is 0 Å². The summed E-state index contributed by atoms with van der Waals surface area (Å²) in [6.07, 6.45) is 1.53. The van der Waals surface area contributed by atoms with Gasteiger partial charge in [-0.1, -0.05) is 23.7 Å². The van der Waals surface area contributed by atoms with E-state index in [1.165, 1.54) is 18.3 Å². The van der Waals surface area contributed by atoms with Gasteiger partial charge in [0, 0.05) is 24.2 Å². The smallest absolute Gasteiger partial charge is 0.270 e. The molecule has 0 atom stereocenters. The molecule has 0 unspecified atom stereocenters. The Labute approximate surface area is 170 Å². The Morgan fingerprint density at radius 2 is 2.10 bits per heavy atom. The van der Waals surface area contributed by atoms with Crippen molar-refractivity contribution in [1.82, 2.24) is 9.55 Å². The SMILES string of the molecule is CCn1c(N/N=C\c2ccc(-c3ccc([N+](=O)[O-])cc3Cl)o2)nc2ccccc21. The molecule has 0 radical (unpaired) electrons. The number of fused-ring (bicyclic) bond motifs is 1. The molecule has 0 bridgehead atoms. The standard InChI is InChI=1S/C20H16ClN5O3/c1-2-25-18-6-4-3-5-17(18)23-20(25)24-22-12-14-8-10-19(29-14)15-9-7-13(26(27)28)11-16(15)21/h3-12H,2H2,1H3,(H,23,24)/b22-12-. The van der Waals surface area contributed by atoms with Crippen LogP contribution in [0.3, 0.4) is 0 Å². The van der Waals surface area contributed by atoms with Crippen molar-refractivity contribution in [2.45, 2.75) is 13.5 Å². The van der Waals surface area contributed by atoms with E-state index in [0.29, 0.717) is 23.0 Å². The predicted molar refractivity (Wildman–Crippen MR) is 112 cm³/mol. The number of para-hydroxylation sites is 2. The molecular weight excluding hydrogens is 394 g/mol. The minimum atomic E-state index is -0.495. The van der Waals surface area contributed by atoms with E-state index in [0.717, 1.165) is 17.6 Å². The Morgan fingerprint density at radius 1 is 1.28 bits per heavy atom. The number of hydrogen-bond acceptors (Lipinski definition) is 6. The quantitative estimate of drug-likeness (QED) is 0.264. The van der Waals surface area contributed by atoms with E-state index in [4.69, 9.17) is 16.0 Å². The Hall–Kier alpha value is -3.65. The molecule has 2 heterocycles. The highest BCUT2D eigenvalue weighted by Crippen LogP contribution is 2.32. The van der Waals surface area contributed by atoms with Crippen LogP contribution in [-0.4, -0.2) is 20.7 Å². The summed E-state index contributed by atoms with van der Waals surface area (Å²) in [5, 5.41) is 15.3. The molecule has 9 heteroatoms. The lowest BCUT2D eigenvalue weighted by Crippen LogP contribution is -2.01. The summed E-state index contributed by atoms with van der Waals surface area (Å²) < 4.78 is 7.76. The first-order valence-corrected chi connectivity index (χ1v) is 9.23. The summed E-state index contributed by atoms with van der Waals surface area (Å²) in [7, 11) is 0.